The Bertz CT molecular complexity index is 976. The number of hydrogen-bond acceptors (Lipinski definition) is 4. The van der Waals surface area contributed by atoms with Crippen molar-refractivity contribution < 1.29 is 17.9 Å². The zero-order valence-electron chi connectivity index (χ0n) is 16.6. The van der Waals surface area contributed by atoms with Crippen LogP contribution >= 0.6 is 11.6 Å². The third kappa shape index (κ3) is 4.97. The number of nitrogens with one attached hydrogen (secondary N) is 1. The Kier molecular flexibility index (Phi) is 6.96. The maximum atomic E-state index is 13.0. The average molecular weight is 425 g/mol. The predicted octanol–water partition coefficient (Wildman–Crippen LogP) is 4.15. The highest BCUT2D eigenvalue weighted by Crippen LogP contribution is 2.30. The van der Waals surface area contributed by atoms with Gasteiger partial charge in [-0.1, -0.05) is 30.7 Å². The molecule has 0 saturated carbocycles. The van der Waals surface area contributed by atoms with Crippen LogP contribution in [0.3, 0.4) is 0 Å². The molecule has 1 amide bonds. The largest absolute Gasteiger partial charge is 0.495 e. The molecule has 2 rings (SSSR count). The van der Waals surface area contributed by atoms with Crippen molar-refractivity contribution in [3.8, 4) is 5.75 Å². The molecule has 0 spiro atoms. The fourth-order valence-corrected chi connectivity index (χ4v) is 4.48. The Morgan fingerprint density at radius 2 is 1.89 bits per heavy atom. The number of rotatable bonds is 7. The first-order valence-electron chi connectivity index (χ1n) is 8.79. The molecule has 0 aliphatic heterocycles. The van der Waals surface area contributed by atoms with Gasteiger partial charge in [-0.25, -0.2) is 8.42 Å². The van der Waals surface area contributed by atoms with Gasteiger partial charge in [-0.05, 0) is 55.7 Å². The van der Waals surface area contributed by atoms with E-state index in [2.05, 4.69) is 5.32 Å². The molecule has 0 aliphatic carbocycles. The minimum atomic E-state index is -3.70. The van der Waals surface area contributed by atoms with E-state index in [0.717, 1.165) is 17.4 Å². The van der Waals surface area contributed by atoms with Crippen LogP contribution in [0.15, 0.2) is 36.4 Å². The predicted molar refractivity (Wildman–Crippen MR) is 114 cm³/mol. The lowest BCUT2D eigenvalue weighted by Gasteiger charge is -2.31. The Morgan fingerprint density at radius 3 is 2.43 bits per heavy atom. The number of amides is 1. The van der Waals surface area contributed by atoms with Gasteiger partial charge in [0.1, 0.15) is 11.8 Å². The molecule has 2 aromatic rings. The lowest BCUT2D eigenvalue weighted by molar-refractivity contribution is -0.117. The summed E-state index contributed by atoms with van der Waals surface area (Å²) in [5.74, 6) is 0.0509. The van der Waals surface area contributed by atoms with Crippen molar-refractivity contribution in [2.24, 2.45) is 0 Å². The molecule has 0 bridgehead atoms. The maximum Gasteiger partial charge on any atom is 0.248 e. The van der Waals surface area contributed by atoms with E-state index >= 15 is 0 Å². The quantitative estimate of drug-likeness (QED) is 0.724. The van der Waals surface area contributed by atoms with E-state index in [-0.39, 0.29) is 0 Å². The van der Waals surface area contributed by atoms with Crippen LogP contribution < -0.4 is 14.4 Å². The Balaban J connectivity index is 2.42. The van der Waals surface area contributed by atoms with Crippen LogP contribution in [-0.4, -0.2) is 33.7 Å². The second-order valence-electron chi connectivity index (χ2n) is 6.61. The molecular formula is C20H25ClN2O4S. The summed E-state index contributed by atoms with van der Waals surface area (Å²) in [7, 11) is -2.20. The van der Waals surface area contributed by atoms with Gasteiger partial charge in [-0.15, -0.1) is 0 Å². The van der Waals surface area contributed by atoms with Crippen molar-refractivity contribution in [1.82, 2.24) is 0 Å². The summed E-state index contributed by atoms with van der Waals surface area (Å²) in [5.41, 5.74) is 2.64. The summed E-state index contributed by atoms with van der Waals surface area (Å²) < 4.78 is 31.5. The summed E-state index contributed by atoms with van der Waals surface area (Å²) in [6.45, 7) is 5.47. The van der Waals surface area contributed by atoms with Crippen LogP contribution in [0.4, 0.5) is 11.4 Å². The van der Waals surface area contributed by atoms with Crippen LogP contribution in [0.1, 0.15) is 24.5 Å². The van der Waals surface area contributed by atoms with E-state index in [0.29, 0.717) is 28.6 Å². The van der Waals surface area contributed by atoms with Crippen molar-refractivity contribution in [1.29, 1.82) is 0 Å². The molecular weight excluding hydrogens is 400 g/mol. The SMILES string of the molecule is CC[C@H](C(=O)Nc1ccc(OC)c(Cl)c1)N(c1cc(C)ccc1C)S(C)(=O)=O. The molecule has 0 unspecified atom stereocenters. The molecule has 2 aromatic carbocycles. The first kappa shape index (κ1) is 22.0. The molecule has 1 atom stereocenters. The Hall–Kier alpha value is -2.25. The average Bonchev–Trinajstić information content (AvgIpc) is 2.61. The number of anilines is 2. The highest BCUT2D eigenvalue weighted by atomic mass is 35.5. The van der Waals surface area contributed by atoms with E-state index < -0.39 is 22.0 Å². The maximum absolute atomic E-state index is 13.0. The van der Waals surface area contributed by atoms with Crippen molar-refractivity contribution in [2.45, 2.75) is 33.2 Å². The molecule has 0 radical (unpaired) electrons. The van der Waals surface area contributed by atoms with Crippen LogP contribution in [0, 0.1) is 13.8 Å². The first-order valence-corrected chi connectivity index (χ1v) is 11.0. The Morgan fingerprint density at radius 1 is 1.21 bits per heavy atom. The van der Waals surface area contributed by atoms with Gasteiger partial charge < -0.3 is 10.1 Å². The molecule has 0 aromatic heterocycles. The van der Waals surface area contributed by atoms with Crippen molar-refractivity contribution in [3.63, 3.8) is 0 Å². The van der Waals surface area contributed by atoms with Gasteiger partial charge in [0.25, 0.3) is 0 Å². The molecule has 6 nitrogen and oxygen atoms in total. The van der Waals surface area contributed by atoms with E-state index in [1.165, 1.54) is 11.4 Å². The second-order valence-corrected chi connectivity index (χ2v) is 8.88. The van der Waals surface area contributed by atoms with Crippen LogP contribution in [0.25, 0.3) is 0 Å². The summed E-state index contributed by atoms with van der Waals surface area (Å²) >= 11 is 6.11. The fourth-order valence-electron chi connectivity index (χ4n) is 2.96. The lowest BCUT2D eigenvalue weighted by atomic mass is 10.1. The van der Waals surface area contributed by atoms with Crippen LogP contribution in [0.5, 0.6) is 5.75 Å². The summed E-state index contributed by atoms with van der Waals surface area (Å²) in [4.78, 5) is 13.0. The second kappa shape index (κ2) is 8.84. The normalized spacial score (nSPS) is 12.4. The number of nitrogens with zero attached hydrogens (tertiary/aromatic N) is 1. The minimum Gasteiger partial charge on any atom is -0.495 e. The monoisotopic (exact) mass is 424 g/mol. The van der Waals surface area contributed by atoms with Crippen molar-refractivity contribution in [2.75, 3.05) is 23.0 Å². The van der Waals surface area contributed by atoms with Gasteiger partial charge >= 0.3 is 0 Å². The van der Waals surface area contributed by atoms with Gasteiger partial charge in [-0.2, -0.15) is 0 Å². The number of carbonyl (C=O) groups is 1. The smallest absolute Gasteiger partial charge is 0.248 e. The topological polar surface area (TPSA) is 75.7 Å². The van der Waals surface area contributed by atoms with Gasteiger partial charge in [-0.3, -0.25) is 9.10 Å². The number of sulfonamides is 1. The van der Waals surface area contributed by atoms with Crippen LogP contribution in [-0.2, 0) is 14.8 Å². The molecule has 0 heterocycles. The van der Waals surface area contributed by atoms with Gasteiger partial charge in [0.15, 0.2) is 0 Å². The molecule has 0 fully saturated rings. The third-order valence-corrected chi connectivity index (χ3v) is 5.81. The number of halogens is 1. The lowest BCUT2D eigenvalue weighted by Crippen LogP contribution is -2.47. The zero-order valence-corrected chi connectivity index (χ0v) is 18.2. The minimum absolute atomic E-state index is 0.302. The molecule has 0 saturated heterocycles. The Labute approximate surface area is 171 Å². The standard InChI is InChI=1S/C20H25ClN2O4S/c1-6-17(20(24)22-15-9-10-19(27-4)16(21)12-15)23(28(5,25)26)18-11-13(2)7-8-14(18)3/h7-12,17H,6H2,1-5H3,(H,22,24)/t17-/m1/s1. The van der Waals surface area contributed by atoms with E-state index in [1.54, 1.807) is 31.2 Å². The van der Waals surface area contributed by atoms with Gasteiger partial charge in [0.2, 0.25) is 15.9 Å². The summed E-state index contributed by atoms with van der Waals surface area (Å²) in [6.07, 6.45) is 1.41. The number of methoxy groups -OCH3 is 1. The number of aryl methyl sites for hydroxylation is 2. The van der Waals surface area contributed by atoms with E-state index in [4.69, 9.17) is 16.3 Å². The molecule has 28 heavy (non-hydrogen) atoms. The molecule has 152 valence electrons. The zero-order chi connectivity index (χ0) is 21.1. The highest BCUT2D eigenvalue weighted by Gasteiger charge is 2.32. The molecule has 8 heteroatoms. The van der Waals surface area contributed by atoms with Gasteiger partial charge in [0, 0.05) is 5.69 Å². The number of ether oxygens (including phenoxy) is 1. The van der Waals surface area contributed by atoms with E-state index in [9.17, 15) is 13.2 Å². The van der Waals surface area contributed by atoms with Crippen molar-refractivity contribution in [3.05, 3.63) is 52.5 Å². The number of hydrogen-bond donors (Lipinski definition) is 1. The number of benzene rings is 2. The summed E-state index contributed by atoms with van der Waals surface area (Å²) in [5, 5.41) is 3.11. The fraction of sp³-hybridized carbons (Fsp3) is 0.350. The third-order valence-electron chi connectivity index (χ3n) is 4.35. The first-order chi connectivity index (χ1) is 13.1. The number of carbonyl (C=O) groups excluding carboxylic acids is 1. The summed E-state index contributed by atoms with van der Waals surface area (Å²) in [6, 6.07) is 9.47. The highest BCUT2D eigenvalue weighted by molar-refractivity contribution is 7.92. The van der Waals surface area contributed by atoms with Crippen molar-refractivity contribution >= 4 is 38.9 Å². The van der Waals surface area contributed by atoms with Gasteiger partial charge in [0.05, 0.1) is 24.1 Å². The molecule has 0 aliphatic rings. The van der Waals surface area contributed by atoms with Crippen LogP contribution in [0.2, 0.25) is 5.02 Å². The van der Waals surface area contributed by atoms with E-state index in [1.807, 2.05) is 26.0 Å². The molecule has 1 N–H and O–H groups in total.